The Bertz CT molecular complexity index is 540. The van der Waals surface area contributed by atoms with Crippen molar-refractivity contribution in [1.82, 2.24) is 0 Å². The first-order valence-electron chi connectivity index (χ1n) is 9.76. The summed E-state index contributed by atoms with van der Waals surface area (Å²) in [6.07, 6.45) is 11.1. The summed E-state index contributed by atoms with van der Waals surface area (Å²) in [5, 5.41) is 20.0. The lowest BCUT2D eigenvalue weighted by Gasteiger charge is -2.43. The van der Waals surface area contributed by atoms with Gasteiger partial charge in [0.25, 0.3) is 0 Å². The molecule has 0 aromatic heterocycles. The van der Waals surface area contributed by atoms with Crippen LogP contribution in [0.4, 0.5) is 0 Å². The van der Waals surface area contributed by atoms with Gasteiger partial charge in [-0.3, -0.25) is 0 Å². The summed E-state index contributed by atoms with van der Waals surface area (Å²) >= 11 is 0. The first-order valence-corrected chi connectivity index (χ1v) is 9.76. The average Bonchev–Trinajstić information content (AvgIpc) is 2.88. The van der Waals surface area contributed by atoms with Crippen molar-refractivity contribution in [3.05, 3.63) is 35.5 Å². The van der Waals surface area contributed by atoms with Crippen molar-refractivity contribution in [2.75, 3.05) is 0 Å². The van der Waals surface area contributed by atoms with Crippen LogP contribution in [0.25, 0.3) is 0 Å². The molecule has 0 spiro atoms. The van der Waals surface area contributed by atoms with Crippen molar-refractivity contribution in [1.29, 1.82) is 0 Å². The van der Waals surface area contributed by atoms with Gasteiger partial charge in [0.1, 0.15) is 0 Å². The maximum absolute atomic E-state index is 10.0. The Morgan fingerprint density at radius 3 is 2.42 bits per heavy atom. The number of aliphatic hydroxyl groups excluding tert-OH is 2. The highest BCUT2D eigenvalue weighted by molar-refractivity contribution is 5.29. The summed E-state index contributed by atoms with van der Waals surface area (Å²) < 4.78 is 0. The normalized spacial score (nSPS) is 41.8. The molecule has 3 fully saturated rings. The molecule has 2 heteroatoms. The molecule has 2 nitrogen and oxygen atoms in total. The molecule has 24 heavy (non-hydrogen) atoms. The second-order valence-corrected chi connectivity index (χ2v) is 8.92. The first kappa shape index (κ1) is 17.9. The van der Waals surface area contributed by atoms with Gasteiger partial charge in [0.05, 0.1) is 12.2 Å². The topological polar surface area (TPSA) is 40.5 Å². The number of rotatable bonds is 2. The Morgan fingerprint density at radius 1 is 1.12 bits per heavy atom. The molecule has 0 amide bonds. The third-order valence-electron chi connectivity index (χ3n) is 7.14. The lowest BCUT2D eigenvalue weighted by atomic mass is 9.61. The Labute approximate surface area is 147 Å². The van der Waals surface area contributed by atoms with E-state index in [1.807, 2.05) is 0 Å². The van der Waals surface area contributed by atoms with E-state index in [0.717, 1.165) is 23.3 Å². The molecule has 3 saturated carbocycles. The predicted octanol–water partition coefficient (Wildman–Crippen LogP) is 4.78. The molecular formula is C22H34O2. The highest BCUT2D eigenvalue weighted by Crippen LogP contribution is 2.59. The summed E-state index contributed by atoms with van der Waals surface area (Å²) in [7, 11) is 0. The maximum Gasteiger partial charge on any atom is 0.0809 e. The van der Waals surface area contributed by atoms with Gasteiger partial charge in [-0.15, -0.1) is 0 Å². The van der Waals surface area contributed by atoms with E-state index in [1.54, 1.807) is 5.57 Å². The highest BCUT2D eigenvalue weighted by atomic mass is 16.3. The van der Waals surface area contributed by atoms with E-state index in [0.29, 0.717) is 23.8 Å². The molecule has 3 aliphatic rings. The SMILES string of the molecule is C=C1[C@H](O)CC(=C/C=C2\CCC[C@]3(C)C(C(C)C)CC[C@@H]23)C[C@H]1O. The van der Waals surface area contributed by atoms with Crippen molar-refractivity contribution in [2.24, 2.45) is 23.2 Å². The average molecular weight is 331 g/mol. The Hall–Kier alpha value is -0.860. The van der Waals surface area contributed by atoms with Gasteiger partial charge < -0.3 is 10.2 Å². The van der Waals surface area contributed by atoms with Crippen LogP contribution in [-0.4, -0.2) is 22.4 Å². The second kappa shape index (κ2) is 6.80. The van der Waals surface area contributed by atoms with E-state index in [-0.39, 0.29) is 0 Å². The van der Waals surface area contributed by atoms with Crippen LogP contribution >= 0.6 is 0 Å². The van der Waals surface area contributed by atoms with E-state index in [1.165, 1.54) is 32.1 Å². The summed E-state index contributed by atoms with van der Waals surface area (Å²) in [4.78, 5) is 0. The van der Waals surface area contributed by atoms with Gasteiger partial charge in [-0.2, -0.15) is 0 Å². The van der Waals surface area contributed by atoms with E-state index in [2.05, 4.69) is 39.5 Å². The van der Waals surface area contributed by atoms with Crippen LogP contribution in [0.3, 0.4) is 0 Å². The summed E-state index contributed by atoms with van der Waals surface area (Å²) in [5.41, 5.74) is 3.80. The number of hydrogen-bond acceptors (Lipinski definition) is 2. The minimum absolute atomic E-state index is 0.469. The summed E-state index contributed by atoms with van der Waals surface area (Å²) in [5.74, 6) is 2.34. The Balaban J connectivity index is 1.78. The lowest BCUT2D eigenvalue weighted by Crippen LogP contribution is -2.35. The fourth-order valence-corrected chi connectivity index (χ4v) is 5.80. The van der Waals surface area contributed by atoms with Crippen molar-refractivity contribution >= 4 is 0 Å². The second-order valence-electron chi connectivity index (χ2n) is 8.92. The molecule has 3 aliphatic carbocycles. The lowest BCUT2D eigenvalue weighted by molar-refractivity contribution is 0.104. The molecule has 134 valence electrons. The monoisotopic (exact) mass is 330 g/mol. The van der Waals surface area contributed by atoms with Gasteiger partial charge >= 0.3 is 0 Å². The molecule has 0 saturated heterocycles. The van der Waals surface area contributed by atoms with Crippen LogP contribution in [0, 0.1) is 23.2 Å². The highest BCUT2D eigenvalue weighted by Gasteiger charge is 2.49. The largest absolute Gasteiger partial charge is 0.388 e. The molecular weight excluding hydrogens is 296 g/mol. The molecule has 0 aromatic rings. The van der Waals surface area contributed by atoms with Crippen LogP contribution in [0.15, 0.2) is 35.5 Å². The number of aliphatic hydroxyl groups is 2. The standard InChI is InChI=1S/C22H34O2/c1-14(2)18-9-10-19-17(6-5-11-22(18,19)4)8-7-16-12-20(23)15(3)21(24)13-16/h7-8,14,18-21,23-24H,3,5-6,9-13H2,1-2,4H3/b17-8+/t18?,19-,20+,21+,22+/m0/s1. The van der Waals surface area contributed by atoms with E-state index >= 15 is 0 Å². The fourth-order valence-electron chi connectivity index (χ4n) is 5.80. The van der Waals surface area contributed by atoms with Gasteiger partial charge in [-0.05, 0) is 73.7 Å². The quantitative estimate of drug-likeness (QED) is 0.715. The van der Waals surface area contributed by atoms with Crippen LogP contribution in [0.5, 0.6) is 0 Å². The zero-order chi connectivity index (χ0) is 17.5. The first-order chi connectivity index (χ1) is 11.3. The molecule has 0 aliphatic heterocycles. The molecule has 0 bridgehead atoms. The van der Waals surface area contributed by atoms with E-state index in [4.69, 9.17) is 0 Å². The molecule has 0 heterocycles. The van der Waals surface area contributed by atoms with Crippen molar-refractivity contribution < 1.29 is 10.2 Å². The van der Waals surface area contributed by atoms with E-state index < -0.39 is 12.2 Å². The molecule has 3 rings (SSSR count). The zero-order valence-corrected chi connectivity index (χ0v) is 15.6. The zero-order valence-electron chi connectivity index (χ0n) is 15.6. The van der Waals surface area contributed by atoms with Crippen LogP contribution in [0.1, 0.15) is 65.7 Å². The fraction of sp³-hybridized carbons (Fsp3) is 0.727. The van der Waals surface area contributed by atoms with Crippen LogP contribution in [-0.2, 0) is 0 Å². The van der Waals surface area contributed by atoms with Crippen molar-refractivity contribution in [3.63, 3.8) is 0 Å². The minimum Gasteiger partial charge on any atom is -0.388 e. The van der Waals surface area contributed by atoms with Gasteiger partial charge in [0.15, 0.2) is 0 Å². The third-order valence-corrected chi connectivity index (χ3v) is 7.14. The Morgan fingerprint density at radius 2 is 1.79 bits per heavy atom. The summed E-state index contributed by atoms with van der Waals surface area (Å²) in [6.45, 7) is 11.1. The molecule has 2 N–H and O–H groups in total. The predicted molar refractivity (Wildman–Crippen MR) is 99.6 cm³/mol. The van der Waals surface area contributed by atoms with Crippen molar-refractivity contribution in [3.8, 4) is 0 Å². The number of fused-ring (bicyclic) bond motifs is 1. The number of allylic oxidation sites excluding steroid dienone is 3. The summed E-state index contributed by atoms with van der Waals surface area (Å²) in [6, 6.07) is 0. The van der Waals surface area contributed by atoms with Crippen LogP contribution in [0.2, 0.25) is 0 Å². The van der Waals surface area contributed by atoms with Crippen LogP contribution < -0.4 is 0 Å². The molecule has 0 radical (unpaired) electrons. The molecule has 5 atom stereocenters. The molecule has 0 aromatic carbocycles. The van der Waals surface area contributed by atoms with Gasteiger partial charge in [0, 0.05) is 0 Å². The van der Waals surface area contributed by atoms with Gasteiger partial charge in [-0.1, -0.05) is 50.6 Å². The van der Waals surface area contributed by atoms with Crippen molar-refractivity contribution in [2.45, 2.75) is 77.9 Å². The van der Waals surface area contributed by atoms with Gasteiger partial charge in [0.2, 0.25) is 0 Å². The van der Waals surface area contributed by atoms with Gasteiger partial charge in [-0.25, -0.2) is 0 Å². The number of hydrogen-bond donors (Lipinski definition) is 2. The Kier molecular flexibility index (Phi) is 5.09. The van der Waals surface area contributed by atoms with E-state index in [9.17, 15) is 10.2 Å². The third kappa shape index (κ3) is 3.15. The maximum atomic E-state index is 10.0. The molecule has 1 unspecified atom stereocenters. The minimum atomic E-state index is -0.591. The smallest absolute Gasteiger partial charge is 0.0809 e.